The molecular weight excluding hydrogens is 152 g/mol. The first-order chi connectivity index (χ1) is 5.86. The minimum atomic E-state index is 0.543. The first-order valence-electron chi connectivity index (χ1n) is 4.44. The zero-order valence-corrected chi connectivity index (χ0v) is 7.95. The highest BCUT2D eigenvalue weighted by atomic mass is 16.5. The zero-order chi connectivity index (χ0) is 8.97. The standard InChI is InChI=1S/C7H10N2O.C2H6/c1-6-2-9(5-8-6)7-3-10-4-7;1-2/h2,5,7H,3-4H2,1H3;1-2H3. The number of hydrogen-bond donors (Lipinski definition) is 0. The lowest BCUT2D eigenvalue weighted by Crippen LogP contribution is -2.29. The third kappa shape index (κ3) is 1.85. The summed E-state index contributed by atoms with van der Waals surface area (Å²) < 4.78 is 7.16. The number of aromatic nitrogens is 2. The van der Waals surface area contributed by atoms with Gasteiger partial charge in [-0.05, 0) is 6.92 Å². The molecule has 1 aromatic heterocycles. The normalized spacial score (nSPS) is 16.2. The van der Waals surface area contributed by atoms with Gasteiger partial charge in [-0.1, -0.05) is 13.8 Å². The van der Waals surface area contributed by atoms with Crippen molar-refractivity contribution in [1.82, 2.24) is 9.55 Å². The smallest absolute Gasteiger partial charge is 0.0953 e. The Balaban J connectivity index is 0.000000336. The Morgan fingerprint density at radius 2 is 2.17 bits per heavy atom. The van der Waals surface area contributed by atoms with Crippen LogP contribution in [-0.2, 0) is 4.74 Å². The molecule has 3 nitrogen and oxygen atoms in total. The molecule has 1 fully saturated rings. The molecule has 0 amide bonds. The van der Waals surface area contributed by atoms with Gasteiger partial charge in [-0.2, -0.15) is 0 Å². The van der Waals surface area contributed by atoms with Crippen molar-refractivity contribution in [2.75, 3.05) is 13.2 Å². The average molecular weight is 168 g/mol. The van der Waals surface area contributed by atoms with Crippen molar-refractivity contribution in [2.24, 2.45) is 0 Å². The first-order valence-corrected chi connectivity index (χ1v) is 4.44. The lowest BCUT2D eigenvalue weighted by atomic mass is 10.2. The van der Waals surface area contributed by atoms with Gasteiger partial charge in [0, 0.05) is 6.20 Å². The fourth-order valence-electron chi connectivity index (χ4n) is 1.04. The summed E-state index contributed by atoms with van der Waals surface area (Å²) in [4.78, 5) is 4.13. The molecule has 1 aromatic rings. The molecule has 0 aromatic carbocycles. The Hall–Kier alpha value is -0.830. The number of imidazole rings is 1. The van der Waals surface area contributed by atoms with Crippen LogP contribution < -0.4 is 0 Å². The third-order valence-corrected chi connectivity index (χ3v) is 1.77. The zero-order valence-electron chi connectivity index (χ0n) is 7.95. The van der Waals surface area contributed by atoms with Crippen LogP contribution in [0.4, 0.5) is 0 Å². The summed E-state index contributed by atoms with van der Waals surface area (Å²) in [5.74, 6) is 0. The summed E-state index contributed by atoms with van der Waals surface area (Å²) in [5.41, 5.74) is 1.08. The van der Waals surface area contributed by atoms with Crippen LogP contribution in [0.5, 0.6) is 0 Å². The molecule has 68 valence electrons. The van der Waals surface area contributed by atoms with E-state index in [2.05, 4.69) is 9.55 Å². The molecule has 0 spiro atoms. The van der Waals surface area contributed by atoms with Crippen LogP contribution >= 0.6 is 0 Å². The van der Waals surface area contributed by atoms with Crippen molar-refractivity contribution in [3.8, 4) is 0 Å². The fraction of sp³-hybridized carbons (Fsp3) is 0.667. The number of ether oxygens (including phenoxy) is 1. The van der Waals surface area contributed by atoms with E-state index in [-0.39, 0.29) is 0 Å². The maximum absolute atomic E-state index is 5.05. The van der Waals surface area contributed by atoms with E-state index in [9.17, 15) is 0 Å². The molecular formula is C9H16N2O. The Morgan fingerprint density at radius 3 is 2.50 bits per heavy atom. The van der Waals surface area contributed by atoms with E-state index in [0.29, 0.717) is 6.04 Å². The van der Waals surface area contributed by atoms with E-state index in [4.69, 9.17) is 4.74 Å². The molecule has 2 heterocycles. The van der Waals surface area contributed by atoms with Gasteiger partial charge in [0.15, 0.2) is 0 Å². The summed E-state index contributed by atoms with van der Waals surface area (Å²) in [7, 11) is 0. The summed E-state index contributed by atoms with van der Waals surface area (Å²) >= 11 is 0. The quantitative estimate of drug-likeness (QED) is 0.639. The van der Waals surface area contributed by atoms with Gasteiger partial charge in [0.25, 0.3) is 0 Å². The van der Waals surface area contributed by atoms with E-state index >= 15 is 0 Å². The van der Waals surface area contributed by atoms with Crippen molar-refractivity contribution in [2.45, 2.75) is 26.8 Å². The van der Waals surface area contributed by atoms with E-state index in [1.54, 1.807) is 0 Å². The summed E-state index contributed by atoms with van der Waals surface area (Å²) in [6.45, 7) is 7.68. The predicted octanol–water partition coefficient (Wildman–Crippen LogP) is 1.79. The van der Waals surface area contributed by atoms with E-state index < -0.39 is 0 Å². The molecule has 1 saturated heterocycles. The monoisotopic (exact) mass is 168 g/mol. The van der Waals surface area contributed by atoms with Gasteiger partial charge in [-0.3, -0.25) is 0 Å². The van der Waals surface area contributed by atoms with E-state index in [1.807, 2.05) is 33.3 Å². The predicted molar refractivity (Wildman–Crippen MR) is 48.2 cm³/mol. The van der Waals surface area contributed by atoms with Gasteiger partial charge >= 0.3 is 0 Å². The van der Waals surface area contributed by atoms with Gasteiger partial charge in [-0.25, -0.2) is 4.98 Å². The molecule has 3 heteroatoms. The second-order valence-corrected chi connectivity index (χ2v) is 2.65. The molecule has 0 unspecified atom stereocenters. The fourth-order valence-corrected chi connectivity index (χ4v) is 1.04. The Labute approximate surface area is 73.4 Å². The molecule has 2 rings (SSSR count). The van der Waals surface area contributed by atoms with Gasteiger partial charge in [-0.15, -0.1) is 0 Å². The van der Waals surface area contributed by atoms with Crippen LogP contribution in [-0.4, -0.2) is 22.8 Å². The van der Waals surface area contributed by atoms with E-state index in [0.717, 1.165) is 18.9 Å². The number of rotatable bonds is 1. The lowest BCUT2D eigenvalue weighted by molar-refractivity contribution is -0.0233. The summed E-state index contributed by atoms with van der Waals surface area (Å²) in [6.07, 6.45) is 3.91. The first kappa shape index (κ1) is 9.26. The summed E-state index contributed by atoms with van der Waals surface area (Å²) in [5, 5.41) is 0. The third-order valence-electron chi connectivity index (χ3n) is 1.77. The SMILES string of the molecule is CC.Cc1cn(C2COC2)cn1. The van der Waals surface area contributed by atoms with Crippen LogP contribution in [0.1, 0.15) is 25.6 Å². The van der Waals surface area contributed by atoms with Gasteiger partial charge in [0.1, 0.15) is 0 Å². The highest BCUT2D eigenvalue weighted by Gasteiger charge is 2.19. The Morgan fingerprint density at radius 1 is 1.50 bits per heavy atom. The van der Waals surface area contributed by atoms with Crippen LogP contribution in [0, 0.1) is 6.92 Å². The van der Waals surface area contributed by atoms with Gasteiger partial charge in [0.05, 0.1) is 31.3 Å². The molecule has 0 aliphatic carbocycles. The number of hydrogen-bond acceptors (Lipinski definition) is 2. The highest BCUT2D eigenvalue weighted by Crippen LogP contribution is 2.16. The minimum Gasteiger partial charge on any atom is -0.377 e. The molecule has 0 N–H and O–H groups in total. The number of aryl methyl sites for hydroxylation is 1. The van der Waals surface area contributed by atoms with Crippen LogP contribution in [0.2, 0.25) is 0 Å². The number of nitrogens with zero attached hydrogens (tertiary/aromatic N) is 2. The molecule has 12 heavy (non-hydrogen) atoms. The van der Waals surface area contributed by atoms with Crippen molar-refractivity contribution in [1.29, 1.82) is 0 Å². The Kier molecular flexibility index (Phi) is 3.29. The molecule has 0 saturated carbocycles. The second kappa shape index (κ2) is 4.26. The molecule has 0 atom stereocenters. The van der Waals surface area contributed by atoms with Gasteiger partial charge in [0.2, 0.25) is 0 Å². The maximum Gasteiger partial charge on any atom is 0.0953 e. The van der Waals surface area contributed by atoms with Crippen molar-refractivity contribution in [3.63, 3.8) is 0 Å². The molecule has 0 radical (unpaired) electrons. The van der Waals surface area contributed by atoms with Crippen molar-refractivity contribution < 1.29 is 4.74 Å². The maximum atomic E-state index is 5.05. The molecule has 1 aliphatic heterocycles. The van der Waals surface area contributed by atoms with Crippen molar-refractivity contribution >= 4 is 0 Å². The van der Waals surface area contributed by atoms with Gasteiger partial charge < -0.3 is 9.30 Å². The average Bonchev–Trinajstić information content (AvgIpc) is 2.37. The Bertz CT molecular complexity index is 228. The molecule has 1 aliphatic rings. The van der Waals surface area contributed by atoms with Crippen molar-refractivity contribution in [3.05, 3.63) is 18.2 Å². The lowest BCUT2D eigenvalue weighted by Gasteiger charge is -2.26. The van der Waals surface area contributed by atoms with Crippen LogP contribution in [0.3, 0.4) is 0 Å². The highest BCUT2D eigenvalue weighted by molar-refractivity contribution is 4.95. The molecule has 0 bridgehead atoms. The second-order valence-electron chi connectivity index (χ2n) is 2.65. The topological polar surface area (TPSA) is 27.1 Å². The van der Waals surface area contributed by atoms with Crippen LogP contribution in [0.15, 0.2) is 12.5 Å². The summed E-state index contributed by atoms with van der Waals surface area (Å²) in [6, 6.07) is 0.543. The largest absolute Gasteiger partial charge is 0.377 e. The van der Waals surface area contributed by atoms with E-state index in [1.165, 1.54) is 0 Å². The minimum absolute atomic E-state index is 0.543. The van der Waals surface area contributed by atoms with Crippen LogP contribution in [0.25, 0.3) is 0 Å².